The van der Waals surface area contributed by atoms with Crippen molar-refractivity contribution in [2.75, 3.05) is 13.7 Å². The normalized spacial score (nSPS) is 10.1. The third kappa shape index (κ3) is 6.06. The van der Waals surface area contributed by atoms with Crippen LogP contribution in [0.1, 0.15) is 15.9 Å². The molecule has 0 heterocycles. The highest BCUT2D eigenvalue weighted by molar-refractivity contribution is 6.30. The van der Waals surface area contributed by atoms with E-state index in [1.165, 1.54) is 25.3 Å². The molecule has 0 aliphatic heterocycles. The van der Waals surface area contributed by atoms with Crippen molar-refractivity contribution in [3.05, 3.63) is 64.7 Å². The van der Waals surface area contributed by atoms with Crippen molar-refractivity contribution in [2.45, 2.75) is 0 Å². The molecule has 138 valence electrons. The van der Waals surface area contributed by atoms with E-state index in [4.69, 9.17) is 26.3 Å². The van der Waals surface area contributed by atoms with Crippen LogP contribution in [-0.2, 0) is 4.79 Å². The van der Waals surface area contributed by atoms with Gasteiger partial charge in [-0.25, -0.2) is 0 Å². The molecule has 0 spiro atoms. The van der Waals surface area contributed by atoms with Gasteiger partial charge in [0.2, 0.25) is 0 Å². The minimum Gasteiger partial charge on any atom is -0.493 e. The van der Waals surface area contributed by atoms with E-state index in [1.807, 2.05) is 6.07 Å². The Kier molecular flexibility index (Phi) is 7.23. The summed E-state index contributed by atoms with van der Waals surface area (Å²) >= 11 is 5.82. The van der Waals surface area contributed by atoms with Crippen molar-refractivity contribution in [1.29, 1.82) is 5.26 Å². The Hall–Kier alpha value is -3.50. The van der Waals surface area contributed by atoms with Crippen LogP contribution in [0.4, 0.5) is 0 Å². The number of amides is 2. The lowest BCUT2D eigenvalue weighted by molar-refractivity contribution is -0.117. The summed E-state index contributed by atoms with van der Waals surface area (Å²) in [4.78, 5) is 23.8. The van der Waals surface area contributed by atoms with Crippen LogP contribution in [0, 0.1) is 11.3 Å². The molecule has 0 atom stereocenters. The third-order valence-corrected chi connectivity index (χ3v) is 3.53. The second-order valence-electron chi connectivity index (χ2n) is 5.14. The first-order valence-electron chi connectivity index (χ1n) is 7.75. The van der Waals surface area contributed by atoms with Crippen molar-refractivity contribution in [2.24, 2.45) is 0 Å². The van der Waals surface area contributed by atoms with Gasteiger partial charge in [-0.2, -0.15) is 5.26 Å². The Morgan fingerprint density at radius 1 is 1.19 bits per heavy atom. The minimum atomic E-state index is -0.519. The van der Waals surface area contributed by atoms with Gasteiger partial charge in [-0.15, -0.1) is 0 Å². The topological polar surface area (TPSA) is 100 Å². The number of hydrogen-bond donors (Lipinski definition) is 2. The van der Waals surface area contributed by atoms with Gasteiger partial charge in [0, 0.05) is 16.7 Å². The van der Waals surface area contributed by atoms with Gasteiger partial charge in [-0.05, 0) is 42.0 Å². The van der Waals surface area contributed by atoms with Crippen molar-refractivity contribution in [1.82, 2.24) is 10.9 Å². The van der Waals surface area contributed by atoms with Crippen LogP contribution >= 0.6 is 11.6 Å². The minimum absolute atomic E-state index is 0.0969. The molecule has 27 heavy (non-hydrogen) atoms. The Balaban J connectivity index is 1.94. The van der Waals surface area contributed by atoms with Gasteiger partial charge < -0.3 is 9.47 Å². The summed E-state index contributed by atoms with van der Waals surface area (Å²) < 4.78 is 10.4. The number of nitrogens with one attached hydrogen (secondary N) is 2. The van der Waals surface area contributed by atoms with Gasteiger partial charge in [0.05, 0.1) is 7.11 Å². The summed E-state index contributed by atoms with van der Waals surface area (Å²) in [7, 11) is 1.47. The van der Waals surface area contributed by atoms with Gasteiger partial charge >= 0.3 is 0 Å². The van der Waals surface area contributed by atoms with Crippen LogP contribution in [0.15, 0.2) is 48.5 Å². The van der Waals surface area contributed by atoms with E-state index in [0.29, 0.717) is 27.6 Å². The van der Waals surface area contributed by atoms with E-state index < -0.39 is 11.8 Å². The van der Waals surface area contributed by atoms with Crippen molar-refractivity contribution in [3.8, 4) is 17.6 Å². The van der Waals surface area contributed by atoms with Gasteiger partial charge in [0.1, 0.15) is 6.07 Å². The van der Waals surface area contributed by atoms with Crippen LogP contribution < -0.4 is 20.3 Å². The number of rotatable bonds is 6. The third-order valence-electron chi connectivity index (χ3n) is 3.29. The highest BCUT2D eigenvalue weighted by Crippen LogP contribution is 2.28. The molecule has 0 aromatic heterocycles. The van der Waals surface area contributed by atoms with E-state index in [2.05, 4.69) is 10.9 Å². The molecule has 0 unspecified atom stereocenters. The molecule has 7 nitrogen and oxygen atoms in total. The molecule has 0 aliphatic rings. The number of halogens is 1. The van der Waals surface area contributed by atoms with E-state index in [0.717, 1.165) is 0 Å². The first-order chi connectivity index (χ1) is 13.0. The average Bonchev–Trinajstić information content (AvgIpc) is 2.69. The largest absolute Gasteiger partial charge is 0.493 e. The molecule has 0 saturated carbocycles. The number of nitrogens with zero attached hydrogens (tertiary/aromatic N) is 1. The van der Waals surface area contributed by atoms with E-state index in [1.54, 1.807) is 36.4 Å². The first-order valence-corrected chi connectivity index (χ1v) is 8.13. The molecule has 2 aromatic carbocycles. The molecule has 8 heteroatoms. The number of carbonyl (C=O) groups excluding carboxylic acids is 2. The van der Waals surface area contributed by atoms with Crippen LogP contribution in [0.2, 0.25) is 5.02 Å². The maximum atomic E-state index is 11.9. The monoisotopic (exact) mass is 385 g/mol. The number of ether oxygens (including phenoxy) is 2. The summed E-state index contributed by atoms with van der Waals surface area (Å²) in [5.41, 5.74) is 5.57. The Morgan fingerprint density at radius 3 is 2.70 bits per heavy atom. The highest BCUT2D eigenvalue weighted by Gasteiger charge is 2.07. The second kappa shape index (κ2) is 9.85. The first kappa shape index (κ1) is 19.8. The van der Waals surface area contributed by atoms with Crippen molar-refractivity contribution < 1.29 is 19.1 Å². The lowest BCUT2D eigenvalue weighted by atomic mass is 10.2. The Labute approximate surface area is 161 Å². The number of benzene rings is 2. The molecular formula is C19H16ClN3O4. The standard InChI is InChI=1S/C19H16ClN3O4/c1-26-17-11-13(5-7-16(17)27-10-9-21)6-8-18(24)22-23-19(25)14-3-2-4-15(20)12-14/h2-8,11-12H,10H2,1H3,(H,22,24)(H,23,25)/b8-6+. The van der Waals surface area contributed by atoms with Crippen molar-refractivity contribution >= 4 is 29.5 Å². The van der Waals surface area contributed by atoms with Crippen LogP contribution in [0.25, 0.3) is 6.08 Å². The zero-order valence-electron chi connectivity index (χ0n) is 14.4. The maximum absolute atomic E-state index is 11.9. The number of carbonyl (C=O) groups is 2. The van der Waals surface area contributed by atoms with E-state index in [9.17, 15) is 9.59 Å². The smallest absolute Gasteiger partial charge is 0.269 e. The zero-order valence-corrected chi connectivity index (χ0v) is 15.1. The fraction of sp³-hybridized carbons (Fsp3) is 0.105. The summed E-state index contributed by atoms with van der Waals surface area (Å²) in [6.07, 6.45) is 2.79. The molecule has 2 amide bonds. The fourth-order valence-electron chi connectivity index (χ4n) is 2.05. The average molecular weight is 386 g/mol. The summed E-state index contributed by atoms with van der Waals surface area (Å²) in [5.74, 6) is -0.148. The summed E-state index contributed by atoms with van der Waals surface area (Å²) in [6.45, 7) is -0.0969. The molecule has 0 radical (unpaired) electrons. The zero-order chi connectivity index (χ0) is 19.6. The Bertz CT molecular complexity index is 906. The van der Waals surface area contributed by atoms with Crippen LogP contribution in [-0.4, -0.2) is 25.5 Å². The van der Waals surface area contributed by atoms with Gasteiger partial charge in [0.15, 0.2) is 18.1 Å². The molecule has 0 fully saturated rings. The SMILES string of the molecule is COc1cc(/C=C/C(=O)NNC(=O)c2cccc(Cl)c2)ccc1OCC#N. The predicted octanol–water partition coefficient (Wildman–Crippen LogP) is 2.73. The summed E-state index contributed by atoms with van der Waals surface area (Å²) in [6, 6.07) is 13.2. The molecule has 0 aliphatic carbocycles. The number of hydrogen-bond acceptors (Lipinski definition) is 5. The quantitative estimate of drug-likeness (QED) is 0.588. The Morgan fingerprint density at radius 2 is 2.00 bits per heavy atom. The number of hydrazine groups is 1. The van der Waals surface area contributed by atoms with E-state index >= 15 is 0 Å². The lowest BCUT2D eigenvalue weighted by Gasteiger charge is -2.09. The van der Waals surface area contributed by atoms with E-state index in [-0.39, 0.29) is 6.61 Å². The van der Waals surface area contributed by atoms with Crippen molar-refractivity contribution in [3.63, 3.8) is 0 Å². The molecule has 2 aromatic rings. The molecule has 0 bridgehead atoms. The van der Waals surface area contributed by atoms with Gasteiger partial charge in [0.25, 0.3) is 11.8 Å². The lowest BCUT2D eigenvalue weighted by Crippen LogP contribution is -2.40. The highest BCUT2D eigenvalue weighted by atomic mass is 35.5. The van der Waals surface area contributed by atoms with Gasteiger partial charge in [-0.1, -0.05) is 23.7 Å². The molecular weight excluding hydrogens is 370 g/mol. The van der Waals surface area contributed by atoms with Gasteiger partial charge in [-0.3, -0.25) is 20.4 Å². The number of methoxy groups -OCH3 is 1. The number of nitriles is 1. The fourth-order valence-corrected chi connectivity index (χ4v) is 2.24. The molecule has 0 saturated heterocycles. The molecule has 2 rings (SSSR count). The maximum Gasteiger partial charge on any atom is 0.269 e. The predicted molar refractivity (Wildman–Crippen MR) is 100 cm³/mol. The molecule has 2 N–H and O–H groups in total. The van der Waals surface area contributed by atoms with Crippen LogP contribution in [0.5, 0.6) is 11.5 Å². The summed E-state index contributed by atoms with van der Waals surface area (Å²) in [5, 5.41) is 8.98. The van der Waals surface area contributed by atoms with Crippen LogP contribution in [0.3, 0.4) is 0 Å². The second-order valence-corrected chi connectivity index (χ2v) is 5.58.